The molecule has 0 spiro atoms. The summed E-state index contributed by atoms with van der Waals surface area (Å²) in [6.07, 6.45) is 3.49. The maximum Gasteiger partial charge on any atom is 0.247 e. The summed E-state index contributed by atoms with van der Waals surface area (Å²) in [7, 11) is -5.97. The molecule has 1 saturated heterocycles. The summed E-state index contributed by atoms with van der Waals surface area (Å²) >= 11 is 0. The van der Waals surface area contributed by atoms with E-state index in [0.717, 1.165) is 32.1 Å². The number of nitrogens with one attached hydrogen (secondary N) is 1. The molecular weight excluding hydrogens is 388 g/mol. The highest BCUT2D eigenvalue weighted by molar-refractivity contribution is 7.91. The van der Waals surface area contributed by atoms with Crippen molar-refractivity contribution >= 4 is 32.3 Å². The number of methoxy groups -OCH3 is 1. The van der Waals surface area contributed by atoms with Gasteiger partial charge in [0, 0.05) is 24.9 Å². The topological polar surface area (TPSA) is 92.8 Å². The van der Waals surface area contributed by atoms with E-state index in [1.807, 2.05) is 0 Å². The molecule has 1 atom stereocenters. The van der Waals surface area contributed by atoms with E-state index in [9.17, 15) is 16.8 Å². The standard InChI is InChI=1S/C15H22N2O5S2.ClH/c1-22-14-6-5-13(23(2,18)19)9-15(14)24(20,21)17(11-3-4-11)12-7-8-16-10-12;/h5-6,9,11-12,16H,3-4,7-8,10H2,1-2H3;1H. The molecule has 1 N–H and O–H groups in total. The maximum absolute atomic E-state index is 13.3. The molecule has 2 fully saturated rings. The second kappa shape index (κ2) is 7.40. The number of ether oxygens (including phenoxy) is 1. The predicted molar refractivity (Wildman–Crippen MR) is 96.7 cm³/mol. The molecule has 3 rings (SSSR count). The van der Waals surface area contributed by atoms with Crippen LogP contribution in [0.25, 0.3) is 0 Å². The number of sulfonamides is 1. The molecule has 2 aliphatic rings. The molecule has 25 heavy (non-hydrogen) atoms. The molecule has 1 aliphatic heterocycles. The van der Waals surface area contributed by atoms with Crippen molar-refractivity contribution in [2.45, 2.75) is 41.1 Å². The van der Waals surface area contributed by atoms with Gasteiger partial charge in [0.2, 0.25) is 10.0 Å². The summed E-state index contributed by atoms with van der Waals surface area (Å²) in [5.41, 5.74) is 0. The van der Waals surface area contributed by atoms with Gasteiger partial charge in [-0.3, -0.25) is 0 Å². The van der Waals surface area contributed by atoms with Crippen LogP contribution in [0.5, 0.6) is 5.75 Å². The van der Waals surface area contributed by atoms with Crippen LogP contribution in [0.4, 0.5) is 0 Å². The summed E-state index contributed by atoms with van der Waals surface area (Å²) in [6.45, 7) is 1.40. The molecule has 1 aliphatic carbocycles. The third kappa shape index (κ3) is 4.11. The first kappa shape index (κ1) is 20.4. The van der Waals surface area contributed by atoms with Crippen molar-refractivity contribution < 1.29 is 21.6 Å². The molecule has 1 heterocycles. The molecule has 1 aromatic carbocycles. The number of rotatable bonds is 6. The van der Waals surface area contributed by atoms with Crippen LogP contribution in [0.15, 0.2) is 28.0 Å². The Balaban J connectivity index is 0.00000225. The fourth-order valence-corrected chi connectivity index (χ4v) is 5.89. The van der Waals surface area contributed by atoms with Gasteiger partial charge in [-0.15, -0.1) is 12.4 Å². The molecule has 0 aromatic heterocycles. The van der Waals surface area contributed by atoms with Crippen LogP contribution in [0.2, 0.25) is 0 Å². The number of halogens is 1. The summed E-state index contributed by atoms with van der Waals surface area (Å²) in [5, 5.41) is 3.19. The number of benzene rings is 1. The highest BCUT2D eigenvalue weighted by Gasteiger charge is 2.44. The molecular formula is C15H23ClN2O5S2. The lowest BCUT2D eigenvalue weighted by Crippen LogP contribution is -2.43. The summed E-state index contributed by atoms with van der Waals surface area (Å²) in [4.78, 5) is -0.103. The van der Waals surface area contributed by atoms with Crippen LogP contribution < -0.4 is 10.1 Å². The van der Waals surface area contributed by atoms with E-state index >= 15 is 0 Å². The Labute approximate surface area is 155 Å². The van der Waals surface area contributed by atoms with Crippen LogP contribution in [-0.4, -0.2) is 59.7 Å². The van der Waals surface area contributed by atoms with Gasteiger partial charge in [-0.05, 0) is 44.0 Å². The lowest BCUT2D eigenvalue weighted by Gasteiger charge is -2.28. The van der Waals surface area contributed by atoms with Gasteiger partial charge in [-0.1, -0.05) is 0 Å². The quantitative estimate of drug-likeness (QED) is 0.753. The van der Waals surface area contributed by atoms with Crippen molar-refractivity contribution in [1.29, 1.82) is 0 Å². The Morgan fingerprint density at radius 1 is 1.12 bits per heavy atom. The molecule has 142 valence electrons. The molecule has 1 unspecified atom stereocenters. The smallest absolute Gasteiger partial charge is 0.247 e. The Hall–Kier alpha value is -0.870. The Morgan fingerprint density at radius 3 is 2.28 bits per heavy atom. The van der Waals surface area contributed by atoms with Gasteiger partial charge in [0.25, 0.3) is 0 Å². The highest BCUT2D eigenvalue weighted by atomic mass is 35.5. The minimum Gasteiger partial charge on any atom is -0.495 e. The lowest BCUT2D eigenvalue weighted by atomic mass is 10.2. The van der Waals surface area contributed by atoms with E-state index in [0.29, 0.717) is 6.54 Å². The largest absolute Gasteiger partial charge is 0.495 e. The van der Waals surface area contributed by atoms with Gasteiger partial charge in [0.15, 0.2) is 9.84 Å². The Morgan fingerprint density at radius 2 is 1.80 bits per heavy atom. The SMILES string of the molecule is COc1ccc(S(C)(=O)=O)cc1S(=O)(=O)N(C1CC1)C1CCNC1.Cl. The van der Waals surface area contributed by atoms with Crippen LogP contribution in [0.1, 0.15) is 19.3 Å². The normalized spacial score (nSPS) is 21.2. The van der Waals surface area contributed by atoms with Gasteiger partial charge < -0.3 is 10.1 Å². The minimum atomic E-state index is -3.84. The molecule has 0 bridgehead atoms. The fourth-order valence-electron chi connectivity index (χ4n) is 3.08. The van der Waals surface area contributed by atoms with Crippen LogP contribution in [0.3, 0.4) is 0 Å². The van der Waals surface area contributed by atoms with E-state index in [4.69, 9.17) is 4.74 Å². The van der Waals surface area contributed by atoms with Gasteiger partial charge >= 0.3 is 0 Å². The van der Waals surface area contributed by atoms with Crippen molar-refractivity contribution in [3.05, 3.63) is 18.2 Å². The first-order valence-corrected chi connectivity index (χ1v) is 11.2. The monoisotopic (exact) mass is 410 g/mol. The van der Waals surface area contributed by atoms with E-state index in [1.165, 1.54) is 25.3 Å². The summed E-state index contributed by atoms with van der Waals surface area (Å²) in [6, 6.07) is 3.87. The van der Waals surface area contributed by atoms with Gasteiger partial charge in [0.1, 0.15) is 10.6 Å². The Kier molecular flexibility index (Phi) is 6.05. The highest BCUT2D eigenvalue weighted by Crippen LogP contribution is 2.38. The third-order valence-corrected chi connectivity index (χ3v) is 7.56. The molecule has 1 saturated carbocycles. The van der Waals surface area contributed by atoms with Crippen molar-refractivity contribution in [2.75, 3.05) is 26.5 Å². The minimum absolute atomic E-state index is 0. The first-order valence-electron chi connectivity index (χ1n) is 7.87. The predicted octanol–water partition coefficient (Wildman–Crippen LogP) is 1.04. The zero-order valence-electron chi connectivity index (χ0n) is 14.1. The van der Waals surface area contributed by atoms with E-state index in [2.05, 4.69) is 5.32 Å². The average Bonchev–Trinajstić information content (AvgIpc) is 3.19. The molecule has 0 radical (unpaired) electrons. The number of hydrogen-bond acceptors (Lipinski definition) is 6. The van der Waals surface area contributed by atoms with Crippen molar-refractivity contribution in [2.24, 2.45) is 0 Å². The first-order chi connectivity index (χ1) is 11.2. The molecule has 1 aromatic rings. The molecule has 7 nitrogen and oxygen atoms in total. The maximum atomic E-state index is 13.3. The second-order valence-corrected chi connectivity index (χ2v) is 10.1. The van der Waals surface area contributed by atoms with Gasteiger partial charge in [0.05, 0.1) is 12.0 Å². The van der Waals surface area contributed by atoms with Crippen molar-refractivity contribution in [3.63, 3.8) is 0 Å². The van der Waals surface area contributed by atoms with Gasteiger partial charge in [-0.25, -0.2) is 16.8 Å². The summed E-state index contributed by atoms with van der Waals surface area (Å²) < 4.78 is 57.0. The van der Waals surface area contributed by atoms with Gasteiger partial charge in [-0.2, -0.15) is 4.31 Å². The average molecular weight is 411 g/mol. The van der Waals surface area contributed by atoms with Crippen molar-refractivity contribution in [3.8, 4) is 5.75 Å². The fraction of sp³-hybridized carbons (Fsp3) is 0.600. The molecule has 0 amide bonds. The number of nitrogens with zero attached hydrogens (tertiary/aromatic N) is 1. The van der Waals surface area contributed by atoms with Crippen LogP contribution in [-0.2, 0) is 19.9 Å². The van der Waals surface area contributed by atoms with Crippen LogP contribution >= 0.6 is 12.4 Å². The summed E-state index contributed by atoms with van der Waals surface area (Å²) in [5.74, 6) is 0.166. The second-order valence-electron chi connectivity index (χ2n) is 6.30. The van der Waals surface area contributed by atoms with E-state index < -0.39 is 19.9 Å². The Bertz CT molecular complexity index is 831. The third-order valence-electron chi connectivity index (χ3n) is 4.42. The lowest BCUT2D eigenvalue weighted by molar-refractivity contribution is 0.324. The molecule has 10 heteroatoms. The number of sulfone groups is 1. The van der Waals surface area contributed by atoms with E-state index in [1.54, 1.807) is 4.31 Å². The number of hydrogen-bond donors (Lipinski definition) is 1. The zero-order valence-corrected chi connectivity index (χ0v) is 16.6. The van der Waals surface area contributed by atoms with E-state index in [-0.39, 0.29) is 40.0 Å². The van der Waals surface area contributed by atoms with Crippen molar-refractivity contribution in [1.82, 2.24) is 9.62 Å². The van der Waals surface area contributed by atoms with Crippen LogP contribution in [0, 0.1) is 0 Å². The zero-order chi connectivity index (χ0) is 17.5.